The van der Waals surface area contributed by atoms with Gasteiger partial charge in [0.1, 0.15) is 0 Å². The third-order valence-electron chi connectivity index (χ3n) is 2.12. The third kappa shape index (κ3) is 3.30. The van der Waals surface area contributed by atoms with Gasteiger partial charge in [-0.15, -0.1) is 0 Å². The lowest BCUT2D eigenvalue weighted by Gasteiger charge is -1.99. The molecule has 0 amide bonds. The van der Waals surface area contributed by atoms with Crippen LogP contribution in [-0.2, 0) is 16.0 Å². The Hall–Kier alpha value is -1.86. The van der Waals surface area contributed by atoms with Crippen LogP contribution in [0.15, 0.2) is 43.0 Å². The zero-order valence-electron chi connectivity index (χ0n) is 8.76. The fourth-order valence-electron chi connectivity index (χ4n) is 1.39. The average molecular weight is 252 g/mol. The van der Waals surface area contributed by atoms with Crippen molar-refractivity contribution in [3.05, 3.63) is 43.0 Å². The second kappa shape index (κ2) is 4.56. The maximum Gasteiger partial charge on any atom is 0.326 e. The fraction of sp³-hybridized carbons (Fsp3) is 0.100. The number of hydrogen-bond acceptors (Lipinski definition) is 4. The monoisotopic (exact) mass is 252 g/mol. The second-order valence-corrected chi connectivity index (χ2v) is 4.87. The predicted octanol–water partition coefficient (Wildman–Crippen LogP) is 0.276. The van der Waals surface area contributed by atoms with Gasteiger partial charge in [0.2, 0.25) is 0 Å². The van der Waals surface area contributed by atoms with Gasteiger partial charge in [-0.1, -0.05) is 0 Å². The van der Waals surface area contributed by atoms with Crippen molar-refractivity contribution in [3.8, 4) is 11.1 Å². The van der Waals surface area contributed by atoms with E-state index in [9.17, 15) is 8.42 Å². The summed E-state index contributed by atoms with van der Waals surface area (Å²) in [6.07, 6.45) is 6.34. The molecule has 0 radical (unpaired) electrons. The molecule has 0 bridgehead atoms. The van der Waals surface area contributed by atoms with Crippen LogP contribution in [0.3, 0.4) is 0 Å². The molecule has 0 spiro atoms. The highest BCUT2D eigenvalue weighted by atomic mass is 32.2. The highest BCUT2D eigenvalue weighted by molar-refractivity contribution is 7.84. The Morgan fingerprint density at radius 2 is 1.82 bits per heavy atom. The summed E-state index contributed by atoms with van der Waals surface area (Å²) < 4.78 is 31.4. The van der Waals surface area contributed by atoms with E-state index in [1.807, 2.05) is 0 Å². The molecule has 6 nitrogen and oxygen atoms in total. The van der Waals surface area contributed by atoms with Gasteiger partial charge in [0, 0.05) is 17.7 Å². The highest BCUT2D eigenvalue weighted by Crippen LogP contribution is 2.14. The molecule has 17 heavy (non-hydrogen) atoms. The normalized spacial score (nSPS) is 11.4. The maximum absolute atomic E-state index is 10.7. The number of nitrogens with zero attached hydrogens (tertiary/aromatic N) is 3. The van der Waals surface area contributed by atoms with Crippen LogP contribution in [0.4, 0.5) is 0 Å². The van der Waals surface area contributed by atoms with Gasteiger partial charge in [-0.3, -0.25) is 4.55 Å². The van der Waals surface area contributed by atoms with E-state index in [2.05, 4.69) is 10.2 Å². The predicted molar refractivity (Wildman–Crippen MR) is 59.2 cm³/mol. The van der Waals surface area contributed by atoms with Crippen molar-refractivity contribution in [2.24, 2.45) is 0 Å². The molecule has 1 N–H and O–H groups in total. The zero-order valence-corrected chi connectivity index (χ0v) is 9.58. The molecule has 2 aromatic rings. The summed E-state index contributed by atoms with van der Waals surface area (Å²) in [5, 5.41) is 7.42. The van der Waals surface area contributed by atoms with E-state index in [-0.39, 0.29) is 0 Å². The first-order valence-corrected chi connectivity index (χ1v) is 6.37. The second-order valence-electron chi connectivity index (χ2n) is 3.44. The lowest BCUT2D eigenvalue weighted by atomic mass is 10.1. The van der Waals surface area contributed by atoms with E-state index in [1.54, 1.807) is 43.0 Å². The standard InChI is InChI=1S/C10H9N3O3S/c14-17(15,16)8-13-5-2-9(3-6-13)10-1-4-11-12-7-10/h1-7H,8H2/p+1. The van der Waals surface area contributed by atoms with Crippen LogP contribution in [0.2, 0.25) is 0 Å². The summed E-state index contributed by atoms with van der Waals surface area (Å²) >= 11 is 0. The Kier molecular flexibility index (Phi) is 3.12. The molecule has 7 heteroatoms. The van der Waals surface area contributed by atoms with Gasteiger partial charge in [0.05, 0.1) is 12.4 Å². The summed E-state index contributed by atoms with van der Waals surface area (Å²) in [6.45, 7) is 0. The van der Waals surface area contributed by atoms with Crippen LogP contribution in [0.5, 0.6) is 0 Å². The molecule has 2 aromatic heterocycles. The molecule has 0 saturated carbocycles. The molecule has 0 aliphatic carbocycles. The Bertz CT molecular complexity index is 596. The quantitative estimate of drug-likeness (QED) is 0.626. The molecule has 0 saturated heterocycles. The van der Waals surface area contributed by atoms with Crippen molar-refractivity contribution in [2.75, 3.05) is 0 Å². The average Bonchev–Trinajstić information content (AvgIpc) is 2.29. The first-order chi connectivity index (χ1) is 8.04. The molecule has 0 fully saturated rings. The summed E-state index contributed by atoms with van der Waals surface area (Å²) in [7, 11) is -4.01. The van der Waals surface area contributed by atoms with Gasteiger partial charge >= 0.3 is 10.1 Å². The number of pyridine rings is 1. The first kappa shape index (κ1) is 11.6. The number of hydrogen-bond donors (Lipinski definition) is 1. The molecule has 88 valence electrons. The van der Waals surface area contributed by atoms with Crippen molar-refractivity contribution in [1.29, 1.82) is 0 Å². The first-order valence-electron chi connectivity index (χ1n) is 4.76. The van der Waals surface area contributed by atoms with E-state index in [4.69, 9.17) is 4.55 Å². The van der Waals surface area contributed by atoms with Crippen molar-refractivity contribution < 1.29 is 17.5 Å². The number of aromatic nitrogens is 3. The van der Waals surface area contributed by atoms with E-state index in [1.165, 1.54) is 4.57 Å². The van der Waals surface area contributed by atoms with Crippen molar-refractivity contribution in [3.63, 3.8) is 0 Å². The van der Waals surface area contributed by atoms with Gasteiger partial charge in [-0.25, -0.2) is 0 Å². The van der Waals surface area contributed by atoms with E-state index < -0.39 is 16.0 Å². The largest absolute Gasteiger partial charge is 0.326 e. The van der Waals surface area contributed by atoms with Crippen LogP contribution >= 0.6 is 0 Å². The molecule has 0 atom stereocenters. The lowest BCUT2D eigenvalue weighted by Crippen LogP contribution is -2.36. The molecule has 0 aromatic carbocycles. The summed E-state index contributed by atoms with van der Waals surface area (Å²) in [6, 6.07) is 5.28. The minimum Gasteiger partial charge on any atom is -0.281 e. The molecule has 2 rings (SSSR count). The van der Waals surface area contributed by atoms with Crippen LogP contribution in [-0.4, -0.2) is 23.2 Å². The van der Waals surface area contributed by atoms with Crippen LogP contribution in [0, 0.1) is 0 Å². The van der Waals surface area contributed by atoms with Gasteiger partial charge in [0.25, 0.3) is 5.88 Å². The van der Waals surface area contributed by atoms with Gasteiger partial charge in [0.15, 0.2) is 12.4 Å². The number of rotatable bonds is 3. The molecular weight excluding hydrogens is 242 g/mol. The van der Waals surface area contributed by atoms with Crippen molar-refractivity contribution in [1.82, 2.24) is 10.2 Å². The van der Waals surface area contributed by atoms with E-state index >= 15 is 0 Å². The molecule has 2 heterocycles. The van der Waals surface area contributed by atoms with E-state index in [0.717, 1.165) is 11.1 Å². The Morgan fingerprint density at radius 3 is 2.35 bits per heavy atom. The summed E-state index contributed by atoms with van der Waals surface area (Å²) in [5.41, 5.74) is 1.78. The molecular formula is C10H10N3O3S+. The topological polar surface area (TPSA) is 84.0 Å². The minimum absolute atomic E-state index is 0.456. The van der Waals surface area contributed by atoms with Crippen LogP contribution in [0.25, 0.3) is 11.1 Å². The summed E-state index contributed by atoms with van der Waals surface area (Å²) in [4.78, 5) is 0. The Labute approximate surface area is 98.3 Å². The van der Waals surface area contributed by atoms with E-state index in [0.29, 0.717) is 0 Å². The smallest absolute Gasteiger partial charge is 0.281 e. The zero-order chi connectivity index (χ0) is 12.3. The maximum atomic E-state index is 10.7. The van der Waals surface area contributed by atoms with Crippen LogP contribution < -0.4 is 4.57 Å². The van der Waals surface area contributed by atoms with Gasteiger partial charge in [-0.05, 0) is 11.6 Å². The molecule has 0 aliphatic heterocycles. The Morgan fingerprint density at radius 1 is 1.12 bits per heavy atom. The molecule has 0 unspecified atom stereocenters. The van der Waals surface area contributed by atoms with Gasteiger partial charge < -0.3 is 0 Å². The van der Waals surface area contributed by atoms with Crippen LogP contribution in [0.1, 0.15) is 0 Å². The summed E-state index contributed by atoms with van der Waals surface area (Å²) in [5.74, 6) is -0.456. The third-order valence-corrected chi connectivity index (χ3v) is 2.75. The van der Waals surface area contributed by atoms with Crippen molar-refractivity contribution in [2.45, 2.75) is 5.88 Å². The van der Waals surface area contributed by atoms with Crippen molar-refractivity contribution >= 4 is 10.1 Å². The Balaban J connectivity index is 2.25. The SMILES string of the molecule is O=S(=O)(O)C[n+]1ccc(-c2ccnnc2)cc1. The fourth-order valence-corrected chi connectivity index (χ4v) is 1.93. The minimum atomic E-state index is -4.01. The van der Waals surface area contributed by atoms with Gasteiger partial charge in [-0.2, -0.15) is 23.2 Å². The lowest BCUT2D eigenvalue weighted by molar-refractivity contribution is -0.678. The molecule has 0 aliphatic rings. The highest BCUT2D eigenvalue weighted by Gasteiger charge is 2.12.